The number of amides is 2. The molecule has 7 rings (SSSR count). The van der Waals surface area contributed by atoms with Gasteiger partial charge < -0.3 is 24.4 Å². The molecule has 39 heavy (non-hydrogen) atoms. The molecule has 1 spiro atoms. The van der Waals surface area contributed by atoms with E-state index >= 15 is 0 Å². The lowest BCUT2D eigenvalue weighted by Crippen LogP contribution is -2.42. The number of carbonyl (C=O) groups is 2. The van der Waals surface area contributed by atoms with Crippen molar-refractivity contribution in [3.8, 4) is 17.2 Å². The summed E-state index contributed by atoms with van der Waals surface area (Å²) in [5, 5.41) is 2.87. The van der Waals surface area contributed by atoms with Crippen LogP contribution < -0.4 is 24.4 Å². The minimum absolute atomic E-state index is 0.125. The molecule has 3 aliphatic rings. The minimum Gasteiger partial charge on any atom is -0.491 e. The molecule has 0 saturated heterocycles. The van der Waals surface area contributed by atoms with Crippen molar-refractivity contribution >= 4 is 17.5 Å². The Morgan fingerprint density at radius 1 is 0.872 bits per heavy atom. The first kappa shape index (κ1) is 23.3. The van der Waals surface area contributed by atoms with Gasteiger partial charge in [0.1, 0.15) is 23.6 Å². The van der Waals surface area contributed by atoms with E-state index in [0.29, 0.717) is 33.9 Å². The van der Waals surface area contributed by atoms with Gasteiger partial charge in [0.2, 0.25) is 12.7 Å². The smallest absolute Gasteiger partial charge is 0.251 e. The van der Waals surface area contributed by atoms with Gasteiger partial charge in [-0.05, 0) is 47.0 Å². The molecule has 0 saturated carbocycles. The molecular formula is C31H23FN2O5. The standard InChI is InChI=1S/C31H23FN2O5/c32-21-8-5-6-19(12-21)15-33-29(35)22-9-2-1-7-20(22)16-34-25-11-4-3-10-23(25)31(30(34)36)17-37-26-14-28-27(13-24(26)31)38-18-39-28/h1-14H,15-18H2,(H,33,35). The molecule has 1 unspecified atom stereocenters. The van der Waals surface area contributed by atoms with Crippen LogP contribution in [0.5, 0.6) is 17.2 Å². The van der Waals surface area contributed by atoms with Gasteiger partial charge in [-0.1, -0.05) is 48.5 Å². The summed E-state index contributed by atoms with van der Waals surface area (Å²) in [6.45, 7) is 0.665. The number of benzene rings is 4. The third kappa shape index (κ3) is 3.63. The summed E-state index contributed by atoms with van der Waals surface area (Å²) in [5.41, 5.74) is 3.14. The fourth-order valence-electron chi connectivity index (χ4n) is 5.70. The van der Waals surface area contributed by atoms with E-state index in [1.165, 1.54) is 12.1 Å². The van der Waals surface area contributed by atoms with Gasteiger partial charge in [0.15, 0.2) is 11.5 Å². The number of carbonyl (C=O) groups excluding carboxylic acids is 2. The summed E-state index contributed by atoms with van der Waals surface area (Å²) in [6.07, 6.45) is 0. The molecule has 0 bridgehead atoms. The zero-order valence-corrected chi connectivity index (χ0v) is 20.8. The molecule has 7 nitrogen and oxygen atoms in total. The van der Waals surface area contributed by atoms with E-state index in [1.54, 1.807) is 35.2 Å². The van der Waals surface area contributed by atoms with Crippen molar-refractivity contribution in [3.05, 3.63) is 119 Å². The summed E-state index contributed by atoms with van der Waals surface area (Å²) < 4.78 is 30.7. The van der Waals surface area contributed by atoms with Gasteiger partial charge in [0, 0.05) is 29.4 Å². The average Bonchev–Trinajstić information content (AvgIpc) is 3.63. The Balaban J connectivity index is 1.22. The first-order chi connectivity index (χ1) is 19.0. The molecule has 8 heteroatoms. The summed E-state index contributed by atoms with van der Waals surface area (Å²) in [5.74, 6) is 0.996. The monoisotopic (exact) mass is 522 g/mol. The molecule has 3 heterocycles. The summed E-state index contributed by atoms with van der Waals surface area (Å²) in [6, 6.07) is 24.6. The third-order valence-corrected chi connectivity index (χ3v) is 7.58. The van der Waals surface area contributed by atoms with Crippen LogP contribution in [0.3, 0.4) is 0 Å². The SMILES string of the molecule is O=C(NCc1cccc(F)c1)c1ccccc1CN1C(=O)C2(COc3cc4c(cc32)OCO4)c2ccccc21. The molecule has 4 aromatic carbocycles. The second kappa shape index (κ2) is 8.87. The zero-order valence-electron chi connectivity index (χ0n) is 20.8. The van der Waals surface area contributed by atoms with Crippen molar-refractivity contribution in [1.29, 1.82) is 0 Å². The number of nitrogens with zero attached hydrogens (tertiary/aromatic N) is 1. The molecule has 0 aliphatic carbocycles. The van der Waals surface area contributed by atoms with Crippen LogP contribution in [0.1, 0.15) is 32.6 Å². The predicted octanol–water partition coefficient (Wildman–Crippen LogP) is 4.71. The molecule has 4 aromatic rings. The fraction of sp³-hybridized carbons (Fsp3) is 0.161. The lowest BCUT2D eigenvalue weighted by Gasteiger charge is -2.24. The van der Waals surface area contributed by atoms with E-state index < -0.39 is 5.41 Å². The second-order valence-corrected chi connectivity index (χ2v) is 9.77. The second-order valence-electron chi connectivity index (χ2n) is 9.77. The van der Waals surface area contributed by atoms with Gasteiger partial charge in [0.25, 0.3) is 5.91 Å². The Hall–Kier alpha value is -4.85. The van der Waals surface area contributed by atoms with E-state index in [1.807, 2.05) is 42.5 Å². The molecule has 0 aromatic heterocycles. The largest absolute Gasteiger partial charge is 0.491 e. The number of rotatable bonds is 5. The highest BCUT2D eigenvalue weighted by molar-refractivity contribution is 6.11. The van der Waals surface area contributed by atoms with Crippen LogP contribution in [0.4, 0.5) is 10.1 Å². The van der Waals surface area contributed by atoms with Gasteiger partial charge in [-0.3, -0.25) is 9.59 Å². The van der Waals surface area contributed by atoms with E-state index in [2.05, 4.69) is 5.32 Å². The van der Waals surface area contributed by atoms with Gasteiger partial charge in [0.05, 0.1) is 6.54 Å². The highest BCUT2D eigenvalue weighted by Gasteiger charge is 2.57. The number of nitrogens with one attached hydrogen (secondary N) is 1. The van der Waals surface area contributed by atoms with E-state index in [9.17, 15) is 14.0 Å². The molecular weight excluding hydrogens is 499 g/mol. The van der Waals surface area contributed by atoms with Crippen molar-refractivity contribution in [2.45, 2.75) is 18.5 Å². The lowest BCUT2D eigenvalue weighted by atomic mass is 9.77. The normalized spacial score (nSPS) is 18.2. The van der Waals surface area contributed by atoms with Crippen molar-refractivity contribution in [3.63, 3.8) is 0 Å². The number of para-hydroxylation sites is 1. The van der Waals surface area contributed by atoms with Crippen molar-refractivity contribution in [2.24, 2.45) is 0 Å². The van der Waals surface area contributed by atoms with Crippen molar-refractivity contribution in [1.82, 2.24) is 5.32 Å². The van der Waals surface area contributed by atoms with Gasteiger partial charge in [-0.15, -0.1) is 0 Å². The van der Waals surface area contributed by atoms with Crippen molar-refractivity contribution in [2.75, 3.05) is 18.3 Å². The van der Waals surface area contributed by atoms with Crippen LogP contribution in [0.15, 0.2) is 84.9 Å². The van der Waals surface area contributed by atoms with Gasteiger partial charge in [-0.2, -0.15) is 0 Å². The summed E-state index contributed by atoms with van der Waals surface area (Å²) >= 11 is 0. The fourth-order valence-corrected chi connectivity index (χ4v) is 5.70. The van der Waals surface area contributed by atoms with Crippen LogP contribution >= 0.6 is 0 Å². The van der Waals surface area contributed by atoms with E-state index in [4.69, 9.17) is 14.2 Å². The molecule has 1 N–H and O–H groups in total. The Bertz CT molecular complexity index is 1650. The van der Waals surface area contributed by atoms with E-state index in [0.717, 1.165) is 16.8 Å². The zero-order chi connectivity index (χ0) is 26.6. The van der Waals surface area contributed by atoms with E-state index in [-0.39, 0.29) is 44.1 Å². The minimum atomic E-state index is -1.03. The summed E-state index contributed by atoms with van der Waals surface area (Å²) in [4.78, 5) is 29.2. The summed E-state index contributed by atoms with van der Waals surface area (Å²) in [7, 11) is 0. The molecule has 1 atom stereocenters. The number of hydrogen-bond donors (Lipinski definition) is 1. The maximum Gasteiger partial charge on any atom is 0.251 e. The predicted molar refractivity (Wildman–Crippen MR) is 140 cm³/mol. The Labute approximate surface area is 223 Å². The Morgan fingerprint density at radius 2 is 1.67 bits per heavy atom. The molecule has 2 amide bonds. The maximum absolute atomic E-state index is 14.3. The maximum atomic E-state index is 14.3. The van der Waals surface area contributed by atoms with Crippen LogP contribution in [0.2, 0.25) is 0 Å². The first-order valence-electron chi connectivity index (χ1n) is 12.6. The number of fused-ring (bicyclic) bond motifs is 5. The van der Waals surface area contributed by atoms with Crippen LogP contribution in [0.25, 0.3) is 0 Å². The van der Waals surface area contributed by atoms with Crippen LogP contribution in [-0.2, 0) is 23.3 Å². The molecule has 194 valence electrons. The number of anilines is 1. The highest BCUT2D eigenvalue weighted by Crippen LogP contribution is 2.55. The quantitative estimate of drug-likeness (QED) is 0.411. The topological polar surface area (TPSA) is 77.1 Å². The first-order valence-corrected chi connectivity index (χ1v) is 12.6. The molecule has 3 aliphatic heterocycles. The van der Waals surface area contributed by atoms with Gasteiger partial charge in [-0.25, -0.2) is 4.39 Å². The highest BCUT2D eigenvalue weighted by atomic mass is 19.1. The molecule has 0 fully saturated rings. The van der Waals surface area contributed by atoms with Crippen LogP contribution in [-0.4, -0.2) is 25.2 Å². The molecule has 0 radical (unpaired) electrons. The Kier molecular flexibility index (Phi) is 5.30. The van der Waals surface area contributed by atoms with Crippen LogP contribution in [0, 0.1) is 5.82 Å². The Morgan fingerprint density at radius 3 is 2.54 bits per heavy atom. The lowest BCUT2D eigenvalue weighted by molar-refractivity contribution is -0.122. The number of ether oxygens (including phenoxy) is 3. The van der Waals surface area contributed by atoms with Crippen molar-refractivity contribution < 1.29 is 28.2 Å². The average molecular weight is 523 g/mol. The number of halogens is 1. The third-order valence-electron chi connectivity index (χ3n) is 7.58. The van der Waals surface area contributed by atoms with Gasteiger partial charge >= 0.3 is 0 Å². The number of hydrogen-bond acceptors (Lipinski definition) is 5.